The summed E-state index contributed by atoms with van der Waals surface area (Å²) in [7, 11) is 0. The van der Waals surface area contributed by atoms with Gasteiger partial charge in [-0.15, -0.1) is 0 Å². The number of hydrogen-bond donors (Lipinski definition) is 0. The van der Waals surface area contributed by atoms with Crippen LogP contribution in [-0.2, 0) is 14.9 Å². The van der Waals surface area contributed by atoms with Crippen molar-refractivity contribution in [3.63, 3.8) is 0 Å². The number of aromatic nitrogens is 2. The molecule has 1 aromatic rings. The molecule has 1 fully saturated rings. The minimum atomic E-state index is -0.382. The van der Waals surface area contributed by atoms with E-state index in [0.717, 1.165) is 18.5 Å². The highest BCUT2D eigenvalue weighted by atomic mass is 16.5. The molecule has 2 heterocycles. The second kappa shape index (κ2) is 7.85. The summed E-state index contributed by atoms with van der Waals surface area (Å²) in [4.78, 5) is 25.9. The number of amides is 1. The predicted octanol–water partition coefficient (Wildman–Crippen LogP) is 3.10. The van der Waals surface area contributed by atoms with Crippen LogP contribution >= 0.6 is 0 Å². The minimum absolute atomic E-state index is 0.0599. The van der Waals surface area contributed by atoms with Gasteiger partial charge in [0.15, 0.2) is 5.69 Å². The summed E-state index contributed by atoms with van der Waals surface area (Å²) >= 11 is 0. The van der Waals surface area contributed by atoms with Gasteiger partial charge in [-0.2, -0.15) is 5.10 Å². The maximum Gasteiger partial charge on any atom is 0.358 e. The van der Waals surface area contributed by atoms with Crippen LogP contribution in [0.5, 0.6) is 0 Å². The maximum absolute atomic E-state index is 12.1. The first-order valence-electron chi connectivity index (χ1n) is 8.96. The molecule has 1 amide bonds. The number of nitrogens with zero attached hydrogens (tertiary/aromatic N) is 3. The van der Waals surface area contributed by atoms with Gasteiger partial charge in [0, 0.05) is 24.2 Å². The Labute approximate surface area is 149 Å². The Balaban J connectivity index is 2.21. The van der Waals surface area contributed by atoms with Crippen LogP contribution in [0.3, 0.4) is 0 Å². The second-order valence-electron chi connectivity index (χ2n) is 7.39. The van der Waals surface area contributed by atoms with E-state index in [9.17, 15) is 9.59 Å². The van der Waals surface area contributed by atoms with E-state index in [4.69, 9.17) is 4.74 Å². The van der Waals surface area contributed by atoms with Gasteiger partial charge in [-0.3, -0.25) is 9.48 Å². The number of ether oxygens (including phenoxy) is 1. The third-order valence-electron chi connectivity index (χ3n) is 4.42. The summed E-state index contributed by atoms with van der Waals surface area (Å²) in [6.45, 7) is 11.7. The number of piperidine rings is 1. The van der Waals surface area contributed by atoms with Crippen molar-refractivity contribution in [2.24, 2.45) is 0 Å². The van der Waals surface area contributed by atoms with Crippen molar-refractivity contribution in [1.82, 2.24) is 14.7 Å². The van der Waals surface area contributed by atoms with Crippen LogP contribution < -0.4 is 0 Å². The molecule has 1 aliphatic heterocycles. The smallest absolute Gasteiger partial charge is 0.358 e. The molecule has 1 aromatic heterocycles. The molecule has 0 bridgehead atoms. The number of esters is 1. The van der Waals surface area contributed by atoms with E-state index in [1.165, 1.54) is 0 Å². The van der Waals surface area contributed by atoms with Crippen molar-refractivity contribution in [3.05, 3.63) is 29.6 Å². The maximum atomic E-state index is 12.1. The Kier molecular flexibility index (Phi) is 6.03. The first-order chi connectivity index (χ1) is 11.8. The van der Waals surface area contributed by atoms with E-state index in [1.807, 2.05) is 22.6 Å². The van der Waals surface area contributed by atoms with Gasteiger partial charge in [0.1, 0.15) is 0 Å². The molecule has 0 saturated carbocycles. The topological polar surface area (TPSA) is 64.4 Å². The molecule has 0 atom stereocenters. The minimum Gasteiger partial charge on any atom is -0.461 e. The number of likely N-dealkylation sites (tertiary alicyclic amines) is 1. The first-order valence-corrected chi connectivity index (χ1v) is 8.96. The van der Waals surface area contributed by atoms with E-state index < -0.39 is 0 Å². The molecule has 2 rings (SSSR count). The fourth-order valence-corrected chi connectivity index (χ4v) is 3.12. The lowest BCUT2D eigenvalue weighted by Gasteiger charge is -2.33. The molecule has 6 heteroatoms. The van der Waals surface area contributed by atoms with Gasteiger partial charge in [-0.1, -0.05) is 26.8 Å². The highest BCUT2D eigenvalue weighted by Crippen LogP contribution is 2.30. The van der Waals surface area contributed by atoms with Crippen molar-refractivity contribution < 1.29 is 14.3 Å². The van der Waals surface area contributed by atoms with Crippen molar-refractivity contribution in [3.8, 4) is 0 Å². The molecule has 138 valence electrons. The highest BCUT2D eigenvalue weighted by molar-refractivity contribution is 5.88. The normalized spacial score (nSPS) is 16.4. The SMILES string of the molecule is C/C=C/C(=O)N1CCC(n2nc(C(=O)OCC)cc2C(C)(C)C)CC1. The van der Waals surface area contributed by atoms with Crippen LogP contribution in [0.15, 0.2) is 18.2 Å². The van der Waals surface area contributed by atoms with Crippen LogP contribution in [0, 0.1) is 0 Å². The van der Waals surface area contributed by atoms with Crippen molar-refractivity contribution in [1.29, 1.82) is 0 Å². The molecular weight excluding hydrogens is 318 g/mol. The fourth-order valence-electron chi connectivity index (χ4n) is 3.12. The molecule has 0 spiro atoms. The Morgan fingerprint density at radius 2 is 1.96 bits per heavy atom. The van der Waals surface area contributed by atoms with E-state index in [1.54, 1.807) is 19.1 Å². The van der Waals surface area contributed by atoms with Gasteiger partial charge in [0.05, 0.1) is 12.6 Å². The zero-order chi connectivity index (χ0) is 18.6. The lowest BCUT2D eigenvalue weighted by Crippen LogP contribution is -2.39. The molecule has 1 aliphatic rings. The van der Waals surface area contributed by atoms with Crippen LogP contribution in [0.25, 0.3) is 0 Å². The van der Waals surface area contributed by atoms with Gasteiger partial charge < -0.3 is 9.64 Å². The molecule has 0 unspecified atom stereocenters. The highest BCUT2D eigenvalue weighted by Gasteiger charge is 2.30. The lowest BCUT2D eigenvalue weighted by atomic mass is 9.91. The average Bonchev–Trinajstić information content (AvgIpc) is 3.01. The number of carbonyl (C=O) groups is 2. The molecule has 0 aliphatic carbocycles. The van der Waals surface area contributed by atoms with Crippen LogP contribution in [-0.4, -0.2) is 46.3 Å². The van der Waals surface area contributed by atoms with Crippen molar-refractivity contribution >= 4 is 11.9 Å². The quantitative estimate of drug-likeness (QED) is 0.620. The second-order valence-corrected chi connectivity index (χ2v) is 7.39. The largest absolute Gasteiger partial charge is 0.461 e. The Morgan fingerprint density at radius 1 is 1.32 bits per heavy atom. The first kappa shape index (κ1) is 19.2. The van der Waals surface area contributed by atoms with Crippen molar-refractivity contribution in [2.75, 3.05) is 19.7 Å². The molecule has 0 radical (unpaired) electrons. The summed E-state index contributed by atoms with van der Waals surface area (Å²) in [6, 6.07) is 2.03. The van der Waals surface area contributed by atoms with Gasteiger partial charge in [0.2, 0.25) is 5.91 Å². The average molecular weight is 347 g/mol. The Bertz CT molecular complexity index is 647. The molecule has 25 heavy (non-hydrogen) atoms. The number of carbonyl (C=O) groups excluding carboxylic acids is 2. The Hall–Kier alpha value is -2.11. The zero-order valence-electron chi connectivity index (χ0n) is 15.9. The number of rotatable bonds is 4. The van der Waals surface area contributed by atoms with Gasteiger partial charge >= 0.3 is 5.97 Å². The van der Waals surface area contributed by atoms with Crippen LogP contribution in [0.4, 0.5) is 0 Å². The molecule has 0 aromatic carbocycles. The summed E-state index contributed by atoms with van der Waals surface area (Å²) in [6.07, 6.45) is 5.03. The monoisotopic (exact) mass is 347 g/mol. The summed E-state index contributed by atoms with van der Waals surface area (Å²) < 4.78 is 7.07. The lowest BCUT2D eigenvalue weighted by molar-refractivity contribution is -0.127. The van der Waals surface area contributed by atoms with E-state index >= 15 is 0 Å². The third-order valence-corrected chi connectivity index (χ3v) is 4.42. The fraction of sp³-hybridized carbons (Fsp3) is 0.632. The van der Waals surface area contributed by atoms with Gasteiger partial charge in [0.25, 0.3) is 0 Å². The number of allylic oxidation sites excluding steroid dienone is 1. The van der Waals surface area contributed by atoms with Gasteiger partial charge in [-0.25, -0.2) is 4.79 Å². The molecular formula is C19H29N3O3. The molecule has 1 saturated heterocycles. The van der Waals surface area contributed by atoms with E-state index in [-0.39, 0.29) is 23.3 Å². The summed E-state index contributed by atoms with van der Waals surface area (Å²) in [5, 5.41) is 4.55. The van der Waals surface area contributed by atoms with Crippen molar-refractivity contribution in [2.45, 2.75) is 58.9 Å². The number of hydrogen-bond acceptors (Lipinski definition) is 4. The van der Waals surface area contributed by atoms with Crippen LogP contribution in [0.2, 0.25) is 0 Å². The van der Waals surface area contributed by atoms with Crippen LogP contribution in [0.1, 0.15) is 69.7 Å². The van der Waals surface area contributed by atoms with Gasteiger partial charge in [-0.05, 0) is 38.8 Å². The summed E-state index contributed by atoms with van der Waals surface area (Å²) in [5.74, 6) is -0.322. The Morgan fingerprint density at radius 3 is 2.48 bits per heavy atom. The van der Waals surface area contributed by atoms with E-state index in [0.29, 0.717) is 25.4 Å². The third kappa shape index (κ3) is 4.50. The zero-order valence-corrected chi connectivity index (χ0v) is 15.9. The molecule has 6 nitrogen and oxygen atoms in total. The van der Waals surface area contributed by atoms with E-state index in [2.05, 4.69) is 25.9 Å². The standard InChI is InChI=1S/C19H29N3O3/c1-6-8-17(23)21-11-9-14(10-12-21)22-16(19(3,4)5)13-15(20-22)18(24)25-7-2/h6,8,13-14H,7,9-12H2,1-5H3/b8-6+. The summed E-state index contributed by atoms with van der Waals surface area (Å²) in [5.41, 5.74) is 1.25. The molecule has 0 N–H and O–H groups in total. The predicted molar refractivity (Wildman–Crippen MR) is 96.5 cm³/mol.